The molecule has 0 fully saturated rings. The van der Waals surface area contributed by atoms with Crippen molar-refractivity contribution in [1.29, 1.82) is 0 Å². The molecule has 0 saturated heterocycles. The highest BCUT2D eigenvalue weighted by Crippen LogP contribution is 2.20. The number of hydrogen-bond donors (Lipinski definition) is 0. The third kappa shape index (κ3) is 2.76. The molecule has 0 aromatic carbocycles. The van der Waals surface area contributed by atoms with Gasteiger partial charge in [-0.3, -0.25) is 0 Å². The fourth-order valence-corrected chi connectivity index (χ4v) is 1.43. The van der Waals surface area contributed by atoms with Crippen LogP contribution in [-0.4, -0.2) is 4.98 Å². The summed E-state index contributed by atoms with van der Waals surface area (Å²) in [6.45, 7) is 0. The normalized spacial score (nSPS) is 10.0. The van der Waals surface area contributed by atoms with Crippen LogP contribution in [-0.2, 0) is 7.05 Å². The van der Waals surface area contributed by atoms with E-state index < -0.39 is 0 Å². The number of aromatic nitrogens is 2. The summed E-state index contributed by atoms with van der Waals surface area (Å²) in [5, 5.41) is 0. The van der Waals surface area contributed by atoms with Gasteiger partial charge in [0.1, 0.15) is 12.8 Å². The molecule has 2 aromatic rings. The van der Waals surface area contributed by atoms with Gasteiger partial charge in [-0.05, 0) is 6.07 Å². The number of halogens is 1. The Hall–Kier alpha value is -1.42. The molecule has 0 aliphatic carbocycles. The molecule has 4 heteroatoms. The minimum Gasteiger partial charge on any atom is -0.439 e. The third-order valence-electron chi connectivity index (χ3n) is 1.87. The van der Waals surface area contributed by atoms with Crippen molar-refractivity contribution >= 4 is 15.9 Å². The first-order valence-corrected chi connectivity index (χ1v) is 5.28. The molecule has 0 radical (unpaired) electrons. The van der Waals surface area contributed by atoms with Crippen molar-refractivity contribution < 1.29 is 9.30 Å². The quantitative estimate of drug-likeness (QED) is 0.780. The van der Waals surface area contributed by atoms with Crippen molar-refractivity contribution in [2.45, 2.75) is 0 Å². The molecule has 0 aliphatic rings. The van der Waals surface area contributed by atoms with Crippen LogP contribution in [0.5, 0.6) is 11.6 Å². The van der Waals surface area contributed by atoms with Gasteiger partial charge >= 0.3 is 0 Å². The lowest BCUT2D eigenvalue weighted by Crippen LogP contribution is -2.25. The Balaban J connectivity index is 2.18. The topological polar surface area (TPSA) is 26.0 Å². The molecule has 2 rings (SSSR count). The first-order chi connectivity index (χ1) is 7.24. The van der Waals surface area contributed by atoms with Gasteiger partial charge in [0.25, 0.3) is 0 Å². The number of ether oxygens (including phenoxy) is 1. The summed E-state index contributed by atoms with van der Waals surface area (Å²) in [6.07, 6.45) is 5.54. The van der Waals surface area contributed by atoms with Crippen LogP contribution in [0, 0.1) is 0 Å². The Bertz CT molecular complexity index is 456. The van der Waals surface area contributed by atoms with Gasteiger partial charge in [-0.15, -0.1) is 0 Å². The Morgan fingerprint density at radius 1 is 1.27 bits per heavy atom. The number of rotatable bonds is 2. The molecule has 76 valence electrons. The molecule has 15 heavy (non-hydrogen) atoms. The van der Waals surface area contributed by atoms with Crippen LogP contribution in [0.4, 0.5) is 0 Å². The molecule has 2 heterocycles. The Morgan fingerprint density at radius 3 is 2.67 bits per heavy atom. The van der Waals surface area contributed by atoms with Gasteiger partial charge in [-0.1, -0.05) is 15.9 Å². The zero-order valence-electron chi connectivity index (χ0n) is 8.22. The molecular weight excluding hydrogens is 256 g/mol. The van der Waals surface area contributed by atoms with E-state index in [1.165, 1.54) is 0 Å². The highest BCUT2D eigenvalue weighted by molar-refractivity contribution is 9.10. The second-order valence-corrected chi connectivity index (χ2v) is 4.03. The number of nitrogens with zero attached hydrogens (tertiary/aromatic N) is 2. The molecule has 0 amide bonds. The van der Waals surface area contributed by atoms with E-state index in [4.69, 9.17) is 4.74 Å². The van der Waals surface area contributed by atoms with Crippen LogP contribution in [0.2, 0.25) is 0 Å². The summed E-state index contributed by atoms with van der Waals surface area (Å²) in [5.74, 6) is 1.36. The van der Waals surface area contributed by atoms with Gasteiger partial charge in [-0.25, -0.2) is 9.55 Å². The van der Waals surface area contributed by atoms with Gasteiger partial charge in [0.2, 0.25) is 5.88 Å². The standard InChI is InChI=1S/C11H10BrN2O/c1-14-6-3-10(4-7-14)15-11-8-9(12)2-5-13-11/h2-8H,1H3/q+1. The van der Waals surface area contributed by atoms with Crippen molar-refractivity contribution in [3.05, 3.63) is 47.3 Å². The van der Waals surface area contributed by atoms with E-state index in [0.717, 1.165) is 10.2 Å². The summed E-state index contributed by atoms with van der Waals surface area (Å²) in [6, 6.07) is 7.47. The minimum absolute atomic E-state index is 0.582. The second-order valence-electron chi connectivity index (χ2n) is 3.11. The van der Waals surface area contributed by atoms with E-state index in [0.29, 0.717) is 5.88 Å². The van der Waals surface area contributed by atoms with E-state index in [1.807, 2.05) is 48.3 Å². The van der Waals surface area contributed by atoms with Gasteiger partial charge < -0.3 is 4.74 Å². The fraction of sp³-hybridized carbons (Fsp3) is 0.0909. The van der Waals surface area contributed by atoms with Crippen LogP contribution in [0.25, 0.3) is 0 Å². The minimum atomic E-state index is 0.582. The predicted molar refractivity (Wildman–Crippen MR) is 59.6 cm³/mol. The Labute approximate surface area is 96.5 Å². The maximum Gasteiger partial charge on any atom is 0.220 e. The van der Waals surface area contributed by atoms with Gasteiger partial charge in [0.15, 0.2) is 12.4 Å². The zero-order chi connectivity index (χ0) is 10.7. The average molecular weight is 266 g/mol. The van der Waals surface area contributed by atoms with E-state index in [2.05, 4.69) is 20.9 Å². The maximum absolute atomic E-state index is 5.56. The fourth-order valence-electron chi connectivity index (χ4n) is 1.12. The lowest BCUT2D eigenvalue weighted by molar-refractivity contribution is -0.671. The van der Waals surface area contributed by atoms with E-state index >= 15 is 0 Å². The Kier molecular flexibility index (Phi) is 2.97. The van der Waals surface area contributed by atoms with E-state index in [1.54, 1.807) is 6.20 Å². The number of aryl methyl sites for hydroxylation is 1. The maximum atomic E-state index is 5.56. The van der Waals surface area contributed by atoms with E-state index in [9.17, 15) is 0 Å². The lowest BCUT2D eigenvalue weighted by atomic mass is 10.4. The van der Waals surface area contributed by atoms with Crippen molar-refractivity contribution in [3.8, 4) is 11.6 Å². The van der Waals surface area contributed by atoms with Crippen LogP contribution in [0.15, 0.2) is 47.3 Å². The summed E-state index contributed by atoms with van der Waals surface area (Å²) in [7, 11) is 1.96. The molecule has 0 atom stereocenters. The SMILES string of the molecule is C[n+]1ccc(Oc2cc(Br)ccn2)cc1. The smallest absolute Gasteiger partial charge is 0.220 e. The summed E-state index contributed by atoms with van der Waals surface area (Å²) < 4.78 is 8.46. The van der Waals surface area contributed by atoms with Crippen molar-refractivity contribution in [2.75, 3.05) is 0 Å². The summed E-state index contributed by atoms with van der Waals surface area (Å²) >= 11 is 3.36. The molecular formula is C11H10BrN2O+. The number of hydrogen-bond acceptors (Lipinski definition) is 2. The molecule has 0 aliphatic heterocycles. The highest BCUT2D eigenvalue weighted by Gasteiger charge is 2.00. The Morgan fingerprint density at radius 2 is 2.00 bits per heavy atom. The molecule has 0 spiro atoms. The molecule has 0 N–H and O–H groups in total. The predicted octanol–water partition coefficient (Wildman–Crippen LogP) is 2.46. The lowest BCUT2D eigenvalue weighted by Gasteiger charge is -2.02. The zero-order valence-corrected chi connectivity index (χ0v) is 9.81. The molecule has 3 nitrogen and oxygen atoms in total. The van der Waals surface area contributed by atoms with Crippen LogP contribution >= 0.6 is 15.9 Å². The summed E-state index contributed by atoms with van der Waals surface area (Å²) in [5.41, 5.74) is 0. The van der Waals surface area contributed by atoms with Gasteiger partial charge in [0.05, 0.1) is 0 Å². The van der Waals surface area contributed by atoms with Gasteiger partial charge in [-0.2, -0.15) is 0 Å². The largest absolute Gasteiger partial charge is 0.439 e. The molecule has 0 unspecified atom stereocenters. The van der Waals surface area contributed by atoms with Crippen LogP contribution < -0.4 is 9.30 Å². The van der Waals surface area contributed by atoms with E-state index in [-0.39, 0.29) is 0 Å². The average Bonchev–Trinajstić information content (AvgIpc) is 2.22. The van der Waals surface area contributed by atoms with Crippen LogP contribution in [0.1, 0.15) is 0 Å². The highest BCUT2D eigenvalue weighted by atomic mass is 79.9. The van der Waals surface area contributed by atoms with Crippen molar-refractivity contribution in [2.24, 2.45) is 7.05 Å². The molecule has 0 bridgehead atoms. The molecule has 0 saturated carbocycles. The van der Waals surface area contributed by atoms with Crippen LogP contribution in [0.3, 0.4) is 0 Å². The monoisotopic (exact) mass is 265 g/mol. The third-order valence-corrected chi connectivity index (χ3v) is 2.36. The first-order valence-electron chi connectivity index (χ1n) is 4.49. The summed E-state index contributed by atoms with van der Waals surface area (Å²) in [4.78, 5) is 4.10. The van der Waals surface area contributed by atoms with Crippen molar-refractivity contribution in [3.63, 3.8) is 0 Å². The first kappa shape index (κ1) is 10.1. The molecule has 2 aromatic heterocycles. The number of pyridine rings is 2. The second kappa shape index (κ2) is 4.40. The van der Waals surface area contributed by atoms with Crippen molar-refractivity contribution in [1.82, 2.24) is 4.98 Å². The van der Waals surface area contributed by atoms with Gasteiger partial charge in [0, 0.05) is 28.9 Å².